The highest BCUT2D eigenvalue weighted by molar-refractivity contribution is 6.07. The molecule has 7 heteroatoms. The number of carbonyl (C=O) groups is 3. The van der Waals surface area contributed by atoms with E-state index >= 15 is 0 Å². The molecular formula is C17H19N3O4. The molecule has 1 saturated heterocycles. The van der Waals surface area contributed by atoms with Crippen LogP contribution >= 0.6 is 0 Å². The summed E-state index contributed by atoms with van der Waals surface area (Å²) in [5.74, 6) is -0.760. The Kier molecular flexibility index (Phi) is 4.09. The first-order valence-corrected chi connectivity index (χ1v) is 7.95. The van der Waals surface area contributed by atoms with Crippen LogP contribution in [-0.2, 0) is 4.79 Å². The third kappa shape index (κ3) is 2.89. The Morgan fingerprint density at radius 2 is 1.92 bits per heavy atom. The number of carboxylic acids is 1. The van der Waals surface area contributed by atoms with Crippen molar-refractivity contribution in [3.8, 4) is 0 Å². The van der Waals surface area contributed by atoms with Gasteiger partial charge < -0.3 is 10.4 Å². The molecule has 0 bridgehead atoms. The standard InChI is InChI=1S/C17H19N3O4/c1-11-6-8-17(9-7-11)15(23)20(16(24)19-17)18-10-12-2-4-13(5-3-12)14(21)22/h2-5,10-11H,6-9H2,1H3,(H,19,24)(H,21,22)/b18-10-. The molecule has 1 aromatic carbocycles. The second-order valence-corrected chi connectivity index (χ2v) is 6.48. The highest BCUT2D eigenvalue weighted by Crippen LogP contribution is 2.36. The first kappa shape index (κ1) is 16.2. The van der Waals surface area contributed by atoms with Gasteiger partial charge in [-0.2, -0.15) is 5.10 Å². The van der Waals surface area contributed by atoms with Crippen LogP contribution in [0.3, 0.4) is 0 Å². The maximum atomic E-state index is 12.6. The summed E-state index contributed by atoms with van der Waals surface area (Å²) in [6.07, 6.45) is 4.46. The van der Waals surface area contributed by atoms with Gasteiger partial charge in [0.05, 0.1) is 11.8 Å². The number of carbonyl (C=O) groups excluding carboxylic acids is 2. The van der Waals surface area contributed by atoms with Crippen LogP contribution in [0.15, 0.2) is 29.4 Å². The van der Waals surface area contributed by atoms with Gasteiger partial charge in [-0.05, 0) is 49.3 Å². The number of benzene rings is 1. The van der Waals surface area contributed by atoms with Crippen molar-refractivity contribution in [2.75, 3.05) is 0 Å². The molecule has 1 saturated carbocycles. The maximum Gasteiger partial charge on any atom is 0.346 e. The van der Waals surface area contributed by atoms with E-state index in [1.54, 1.807) is 12.1 Å². The highest BCUT2D eigenvalue weighted by Gasteiger charge is 2.52. The van der Waals surface area contributed by atoms with E-state index in [0.29, 0.717) is 24.3 Å². The van der Waals surface area contributed by atoms with Crippen LogP contribution in [0.2, 0.25) is 0 Å². The van der Waals surface area contributed by atoms with Gasteiger partial charge in [-0.1, -0.05) is 19.1 Å². The molecule has 0 aromatic heterocycles. The molecule has 1 aliphatic carbocycles. The molecule has 2 fully saturated rings. The van der Waals surface area contributed by atoms with Gasteiger partial charge in [-0.25, -0.2) is 9.59 Å². The van der Waals surface area contributed by atoms with Gasteiger partial charge in [-0.15, -0.1) is 5.01 Å². The molecule has 3 amide bonds. The van der Waals surface area contributed by atoms with Gasteiger partial charge in [0.25, 0.3) is 5.91 Å². The van der Waals surface area contributed by atoms with E-state index in [2.05, 4.69) is 17.3 Å². The van der Waals surface area contributed by atoms with Crippen molar-refractivity contribution >= 4 is 24.1 Å². The number of imide groups is 1. The molecule has 1 aromatic rings. The number of urea groups is 1. The van der Waals surface area contributed by atoms with E-state index in [9.17, 15) is 14.4 Å². The topological polar surface area (TPSA) is 99.1 Å². The summed E-state index contributed by atoms with van der Waals surface area (Å²) in [6.45, 7) is 2.14. The number of nitrogens with one attached hydrogen (secondary N) is 1. The Bertz CT molecular complexity index is 703. The predicted octanol–water partition coefficient (Wildman–Crippen LogP) is 2.22. The summed E-state index contributed by atoms with van der Waals surface area (Å²) in [5, 5.41) is 16.5. The van der Waals surface area contributed by atoms with Gasteiger partial charge in [0.15, 0.2) is 0 Å². The lowest BCUT2D eigenvalue weighted by Gasteiger charge is -2.33. The molecule has 126 valence electrons. The SMILES string of the molecule is CC1CCC2(CC1)NC(=O)N(/N=C\c1ccc(C(=O)O)cc1)C2=O. The van der Waals surface area contributed by atoms with E-state index in [1.165, 1.54) is 18.3 Å². The first-order chi connectivity index (χ1) is 11.4. The van der Waals surface area contributed by atoms with E-state index in [1.807, 2.05) is 0 Å². The van der Waals surface area contributed by atoms with Gasteiger partial charge in [-0.3, -0.25) is 4.79 Å². The zero-order valence-electron chi connectivity index (χ0n) is 13.4. The number of hydrogen-bond donors (Lipinski definition) is 2. The first-order valence-electron chi connectivity index (χ1n) is 7.95. The Labute approximate surface area is 139 Å². The molecule has 1 heterocycles. The van der Waals surface area contributed by atoms with Crippen molar-refractivity contribution < 1.29 is 19.5 Å². The molecule has 7 nitrogen and oxygen atoms in total. The fourth-order valence-corrected chi connectivity index (χ4v) is 3.14. The van der Waals surface area contributed by atoms with Crippen LogP contribution in [0, 0.1) is 5.92 Å². The average molecular weight is 329 g/mol. The van der Waals surface area contributed by atoms with Crippen LogP contribution in [0.1, 0.15) is 48.5 Å². The highest BCUT2D eigenvalue weighted by atomic mass is 16.4. The quantitative estimate of drug-likeness (QED) is 0.656. The molecule has 2 aliphatic rings. The van der Waals surface area contributed by atoms with Crippen LogP contribution < -0.4 is 5.32 Å². The predicted molar refractivity (Wildman–Crippen MR) is 86.7 cm³/mol. The second kappa shape index (κ2) is 6.07. The van der Waals surface area contributed by atoms with Crippen molar-refractivity contribution in [3.63, 3.8) is 0 Å². The number of hydrazone groups is 1. The van der Waals surface area contributed by atoms with Crippen molar-refractivity contribution in [3.05, 3.63) is 35.4 Å². The lowest BCUT2D eigenvalue weighted by Crippen LogP contribution is -2.49. The number of hydrogen-bond acceptors (Lipinski definition) is 4. The number of rotatable bonds is 3. The Hall–Kier alpha value is -2.70. The second-order valence-electron chi connectivity index (χ2n) is 6.48. The molecule has 2 N–H and O–H groups in total. The minimum Gasteiger partial charge on any atom is -0.478 e. The fourth-order valence-electron chi connectivity index (χ4n) is 3.14. The lowest BCUT2D eigenvalue weighted by atomic mass is 9.77. The number of nitrogens with zero attached hydrogens (tertiary/aromatic N) is 2. The molecule has 1 aliphatic heterocycles. The lowest BCUT2D eigenvalue weighted by molar-refractivity contribution is -0.132. The van der Waals surface area contributed by atoms with Gasteiger partial charge >= 0.3 is 12.0 Å². The van der Waals surface area contributed by atoms with Crippen molar-refractivity contribution in [2.45, 2.75) is 38.1 Å². The smallest absolute Gasteiger partial charge is 0.346 e. The monoisotopic (exact) mass is 329 g/mol. The van der Waals surface area contributed by atoms with E-state index in [4.69, 9.17) is 5.11 Å². The van der Waals surface area contributed by atoms with Crippen LogP contribution in [0.5, 0.6) is 0 Å². The number of aromatic carboxylic acids is 1. The minimum atomic E-state index is -1.01. The van der Waals surface area contributed by atoms with Gasteiger partial charge in [0, 0.05) is 0 Å². The van der Waals surface area contributed by atoms with Gasteiger partial charge in [0.1, 0.15) is 5.54 Å². The molecule has 24 heavy (non-hydrogen) atoms. The summed E-state index contributed by atoms with van der Waals surface area (Å²) in [5.41, 5.74) is -0.0371. The Balaban J connectivity index is 1.74. The summed E-state index contributed by atoms with van der Waals surface area (Å²) in [4.78, 5) is 35.5. The largest absolute Gasteiger partial charge is 0.478 e. The fraction of sp³-hybridized carbons (Fsp3) is 0.412. The van der Waals surface area contributed by atoms with Crippen molar-refractivity contribution in [1.29, 1.82) is 0 Å². The number of amides is 3. The molecule has 0 unspecified atom stereocenters. The van der Waals surface area contributed by atoms with Crippen molar-refractivity contribution in [1.82, 2.24) is 10.3 Å². The van der Waals surface area contributed by atoms with E-state index in [0.717, 1.165) is 17.9 Å². The average Bonchev–Trinajstić information content (AvgIpc) is 2.79. The summed E-state index contributed by atoms with van der Waals surface area (Å²) in [7, 11) is 0. The molecule has 0 atom stereocenters. The Morgan fingerprint density at radius 3 is 2.50 bits per heavy atom. The summed E-state index contributed by atoms with van der Waals surface area (Å²) in [6, 6.07) is 5.53. The molecule has 1 spiro atoms. The number of carboxylic acid groups (broad SMARTS) is 1. The molecule has 0 radical (unpaired) electrons. The van der Waals surface area contributed by atoms with E-state index in [-0.39, 0.29) is 11.5 Å². The van der Waals surface area contributed by atoms with Crippen molar-refractivity contribution in [2.24, 2.45) is 11.0 Å². The van der Waals surface area contributed by atoms with E-state index < -0.39 is 17.5 Å². The van der Waals surface area contributed by atoms with Crippen LogP contribution in [0.4, 0.5) is 4.79 Å². The summed E-state index contributed by atoms with van der Waals surface area (Å²) < 4.78 is 0. The zero-order valence-corrected chi connectivity index (χ0v) is 13.4. The third-order valence-electron chi connectivity index (χ3n) is 4.75. The van der Waals surface area contributed by atoms with Gasteiger partial charge in [0.2, 0.25) is 0 Å². The minimum absolute atomic E-state index is 0.164. The zero-order chi connectivity index (χ0) is 17.3. The third-order valence-corrected chi connectivity index (χ3v) is 4.75. The molecular weight excluding hydrogens is 310 g/mol. The Morgan fingerprint density at radius 1 is 1.29 bits per heavy atom. The van der Waals surface area contributed by atoms with Crippen LogP contribution in [0.25, 0.3) is 0 Å². The normalized spacial score (nSPS) is 27.0. The molecule has 3 rings (SSSR count). The summed E-state index contributed by atoms with van der Waals surface area (Å²) >= 11 is 0. The maximum absolute atomic E-state index is 12.6. The van der Waals surface area contributed by atoms with Crippen LogP contribution in [-0.4, -0.2) is 39.8 Å².